The number of ether oxygens (including phenoxy) is 2. The van der Waals surface area contributed by atoms with Crippen LogP contribution in [0.4, 0.5) is 5.82 Å². The number of methoxy groups -OCH3 is 1. The standard InChI is InChI=1S/C23H29N3O4S/c1-4-30-22(28)20-14(2)26-21(24-16-9-7-5-6-8-10-16)19(25-23(26)31-20)15-11-12-18(29-3)17(27)13-15/h11-13,16,24,27H,4-10H2,1-3H3. The van der Waals surface area contributed by atoms with Crippen LogP contribution in [-0.2, 0) is 4.74 Å². The van der Waals surface area contributed by atoms with Crippen molar-refractivity contribution in [2.45, 2.75) is 58.4 Å². The van der Waals surface area contributed by atoms with Gasteiger partial charge in [-0.1, -0.05) is 37.0 Å². The van der Waals surface area contributed by atoms with Crippen LogP contribution >= 0.6 is 11.3 Å². The molecule has 0 amide bonds. The number of esters is 1. The third kappa shape index (κ3) is 4.21. The van der Waals surface area contributed by atoms with Crippen LogP contribution in [0.25, 0.3) is 16.2 Å². The minimum Gasteiger partial charge on any atom is -0.504 e. The average molecular weight is 444 g/mol. The molecule has 2 heterocycles. The van der Waals surface area contributed by atoms with Crippen LogP contribution < -0.4 is 10.1 Å². The summed E-state index contributed by atoms with van der Waals surface area (Å²) in [6.07, 6.45) is 7.15. The molecular formula is C23H29N3O4S. The van der Waals surface area contributed by atoms with E-state index in [4.69, 9.17) is 14.5 Å². The topological polar surface area (TPSA) is 85.1 Å². The molecule has 0 unspecified atom stereocenters. The zero-order valence-corrected chi connectivity index (χ0v) is 19.1. The van der Waals surface area contributed by atoms with Crippen molar-refractivity contribution in [3.8, 4) is 22.8 Å². The number of anilines is 1. The van der Waals surface area contributed by atoms with Crippen LogP contribution in [0.15, 0.2) is 18.2 Å². The van der Waals surface area contributed by atoms with Gasteiger partial charge in [-0.2, -0.15) is 0 Å². The van der Waals surface area contributed by atoms with Gasteiger partial charge in [-0.25, -0.2) is 9.78 Å². The molecule has 1 aliphatic carbocycles. The van der Waals surface area contributed by atoms with Gasteiger partial charge in [0.25, 0.3) is 0 Å². The third-order valence-corrected chi connectivity index (χ3v) is 6.94. The Balaban J connectivity index is 1.82. The number of phenolic OH excluding ortho intramolecular Hbond substituents is 1. The van der Waals surface area contributed by atoms with Gasteiger partial charge in [0, 0.05) is 17.3 Å². The van der Waals surface area contributed by atoms with Gasteiger partial charge in [-0.15, -0.1) is 0 Å². The van der Waals surface area contributed by atoms with Crippen molar-refractivity contribution in [2.75, 3.05) is 19.0 Å². The Morgan fingerprint density at radius 2 is 2.03 bits per heavy atom. The summed E-state index contributed by atoms with van der Waals surface area (Å²) in [5, 5.41) is 14.0. The minimum absolute atomic E-state index is 0.0701. The number of aromatic hydroxyl groups is 1. The normalized spacial score (nSPS) is 15.1. The van der Waals surface area contributed by atoms with Crippen molar-refractivity contribution in [1.82, 2.24) is 9.38 Å². The number of benzene rings is 1. The first-order valence-corrected chi connectivity index (χ1v) is 11.7. The Bertz CT molecular complexity index is 1080. The number of aromatic nitrogens is 2. The highest BCUT2D eigenvalue weighted by Crippen LogP contribution is 2.39. The van der Waals surface area contributed by atoms with Gasteiger partial charge in [0.1, 0.15) is 16.4 Å². The van der Waals surface area contributed by atoms with Crippen LogP contribution in [0.5, 0.6) is 11.5 Å². The smallest absolute Gasteiger partial charge is 0.350 e. The summed E-state index contributed by atoms with van der Waals surface area (Å²) in [4.78, 5) is 18.6. The molecule has 1 aromatic carbocycles. The highest BCUT2D eigenvalue weighted by atomic mass is 32.1. The lowest BCUT2D eigenvalue weighted by Gasteiger charge is -2.19. The second-order valence-electron chi connectivity index (χ2n) is 7.88. The summed E-state index contributed by atoms with van der Waals surface area (Å²) >= 11 is 1.33. The maximum absolute atomic E-state index is 12.4. The number of imidazole rings is 1. The van der Waals surface area contributed by atoms with E-state index in [1.54, 1.807) is 19.1 Å². The molecular weight excluding hydrogens is 414 g/mol. The summed E-state index contributed by atoms with van der Waals surface area (Å²) in [7, 11) is 1.53. The number of hydrogen-bond acceptors (Lipinski definition) is 7. The van der Waals surface area contributed by atoms with Gasteiger partial charge in [0.15, 0.2) is 16.5 Å². The molecule has 0 spiro atoms. The number of thiazole rings is 1. The van der Waals surface area contributed by atoms with Gasteiger partial charge in [0.05, 0.1) is 13.7 Å². The van der Waals surface area contributed by atoms with E-state index in [0.29, 0.717) is 23.3 Å². The van der Waals surface area contributed by atoms with Gasteiger partial charge < -0.3 is 19.9 Å². The lowest BCUT2D eigenvalue weighted by molar-refractivity contribution is 0.0531. The van der Waals surface area contributed by atoms with E-state index in [1.165, 1.54) is 44.1 Å². The Hall–Kier alpha value is -2.74. The molecule has 1 fully saturated rings. The van der Waals surface area contributed by atoms with Gasteiger partial charge in [-0.05, 0) is 44.9 Å². The monoisotopic (exact) mass is 443 g/mol. The number of phenols is 1. The molecule has 31 heavy (non-hydrogen) atoms. The summed E-state index contributed by atoms with van der Waals surface area (Å²) in [6, 6.07) is 5.65. The van der Waals surface area contributed by atoms with Crippen molar-refractivity contribution in [1.29, 1.82) is 0 Å². The van der Waals surface area contributed by atoms with Gasteiger partial charge >= 0.3 is 5.97 Å². The molecule has 0 radical (unpaired) electrons. The largest absolute Gasteiger partial charge is 0.504 e. The number of fused-ring (bicyclic) bond motifs is 1. The fraction of sp³-hybridized carbons (Fsp3) is 0.478. The first-order chi connectivity index (χ1) is 15.0. The molecule has 2 N–H and O–H groups in total. The molecule has 2 aromatic heterocycles. The fourth-order valence-electron chi connectivity index (χ4n) is 4.22. The zero-order valence-electron chi connectivity index (χ0n) is 18.2. The summed E-state index contributed by atoms with van der Waals surface area (Å²) in [5.41, 5.74) is 2.36. The summed E-state index contributed by atoms with van der Waals surface area (Å²) < 4.78 is 12.4. The molecule has 1 aliphatic rings. The van der Waals surface area contributed by atoms with Crippen molar-refractivity contribution in [3.05, 3.63) is 28.8 Å². The molecule has 7 nitrogen and oxygen atoms in total. The number of carbonyl (C=O) groups excluding carboxylic acids is 1. The summed E-state index contributed by atoms with van der Waals surface area (Å²) in [5.74, 6) is 1.03. The van der Waals surface area contributed by atoms with Crippen LogP contribution in [0.3, 0.4) is 0 Å². The Labute approximate surface area is 186 Å². The van der Waals surface area contributed by atoms with Crippen molar-refractivity contribution < 1.29 is 19.4 Å². The van der Waals surface area contributed by atoms with Crippen LogP contribution in [-0.4, -0.2) is 40.2 Å². The minimum atomic E-state index is -0.320. The average Bonchev–Trinajstić information content (AvgIpc) is 3.13. The SMILES string of the molecule is CCOC(=O)c1sc2nc(-c3ccc(OC)c(O)c3)c(NC3CCCCCC3)n2c1C. The number of rotatable bonds is 6. The van der Waals surface area contributed by atoms with E-state index in [1.807, 2.05) is 17.4 Å². The molecule has 0 aliphatic heterocycles. The fourth-order valence-corrected chi connectivity index (χ4v) is 5.24. The molecule has 166 valence electrons. The summed E-state index contributed by atoms with van der Waals surface area (Å²) in [6.45, 7) is 4.06. The molecule has 4 rings (SSSR count). The van der Waals surface area contributed by atoms with Crippen molar-refractivity contribution in [3.63, 3.8) is 0 Å². The van der Waals surface area contributed by atoms with E-state index >= 15 is 0 Å². The van der Waals surface area contributed by atoms with E-state index in [2.05, 4.69) is 5.32 Å². The highest BCUT2D eigenvalue weighted by molar-refractivity contribution is 7.19. The van der Waals surface area contributed by atoms with Crippen LogP contribution in [0.1, 0.15) is 60.8 Å². The lowest BCUT2D eigenvalue weighted by Crippen LogP contribution is -2.20. The van der Waals surface area contributed by atoms with Gasteiger partial charge in [0.2, 0.25) is 0 Å². The van der Waals surface area contributed by atoms with Crippen LogP contribution in [0.2, 0.25) is 0 Å². The lowest BCUT2D eigenvalue weighted by atomic mass is 10.1. The molecule has 0 bridgehead atoms. The van der Waals surface area contributed by atoms with Crippen molar-refractivity contribution >= 4 is 28.1 Å². The Morgan fingerprint density at radius 1 is 1.29 bits per heavy atom. The molecule has 0 saturated heterocycles. The quantitative estimate of drug-likeness (QED) is 0.392. The molecule has 0 atom stereocenters. The highest BCUT2D eigenvalue weighted by Gasteiger charge is 2.25. The predicted molar refractivity (Wildman–Crippen MR) is 123 cm³/mol. The second-order valence-corrected chi connectivity index (χ2v) is 8.86. The first kappa shape index (κ1) is 21.5. The number of nitrogens with zero attached hydrogens (tertiary/aromatic N) is 2. The first-order valence-electron chi connectivity index (χ1n) is 10.9. The maximum Gasteiger partial charge on any atom is 0.350 e. The predicted octanol–water partition coefficient (Wildman–Crippen LogP) is 5.40. The molecule has 3 aromatic rings. The zero-order chi connectivity index (χ0) is 22.0. The maximum atomic E-state index is 12.4. The third-order valence-electron chi connectivity index (χ3n) is 5.81. The van der Waals surface area contributed by atoms with E-state index in [0.717, 1.165) is 40.6 Å². The Morgan fingerprint density at radius 3 is 2.68 bits per heavy atom. The van der Waals surface area contributed by atoms with Gasteiger partial charge in [-0.3, -0.25) is 4.40 Å². The molecule has 1 saturated carbocycles. The van der Waals surface area contributed by atoms with Crippen LogP contribution in [0, 0.1) is 6.92 Å². The number of carbonyl (C=O) groups is 1. The Kier molecular flexibility index (Phi) is 6.36. The van der Waals surface area contributed by atoms with E-state index in [9.17, 15) is 9.90 Å². The van der Waals surface area contributed by atoms with E-state index < -0.39 is 0 Å². The second kappa shape index (κ2) is 9.18. The number of nitrogens with one attached hydrogen (secondary N) is 1. The van der Waals surface area contributed by atoms with Crippen molar-refractivity contribution in [2.24, 2.45) is 0 Å². The van der Waals surface area contributed by atoms with E-state index in [-0.39, 0.29) is 11.7 Å². The number of aryl methyl sites for hydroxylation is 1. The number of hydrogen-bond donors (Lipinski definition) is 2. The molecule has 8 heteroatoms.